The van der Waals surface area contributed by atoms with Gasteiger partial charge in [-0.3, -0.25) is 4.90 Å². The van der Waals surface area contributed by atoms with Gasteiger partial charge in [0.1, 0.15) is 0 Å². The van der Waals surface area contributed by atoms with Crippen LogP contribution in [-0.4, -0.2) is 61.6 Å². The molecule has 3 aromatic carbocycles. The van der Waals surface area contributed by atoms with E-state index in [9.17, 15) is 9.59 Å². The minimum Gasteiger partial charge on any atom is -0.465 e. The van der Waals surface area contributed by atoms with Gasteiger partial charge in [0.05, 0.1) is 25.4 Å². The number of nitrogens with one attached hydrogen (secondary N) is 1. The third-order valence-corrected chi connectivity index (χ3v) is 6.93. The molecule has 0 saturated carbocycles. The maximum Gasteiger partial charge on any atom is 0.337 e. The van der Waals surface area contributed by atoms with E-state index < -0.39 is 0 Å². The quantitative estimate of drug-likeness (QED) is 0.380. The van der Waals surface area contributed by atoms with Crippen molar-refractivity contribution >= 4 is 23.6 Å². The van der Waals surface area contributed by atoms with E-state index in [2.05, 4.69) is 16.3 Å². The van der Waals surface area contributed by atoms with Gasteiger partial charge in [0, 0.05) is 44.3 Å². The van der Waals surface area contributed by atoms with E-state index in [1.165, 1.54) is 12.7 Å². The van der Waals surface area contributed by atoms with Gasteiger partial charge in [-0.05, 0) is 47.9 Å². The van der Waals surface area contributed by atoms with Crippen molar-refractivity contribution in [1.29, 1.82) is 0 Å². The second-order valence-corrected chi connectivity index (χ2v) is 9.91. The van der Waals surface area contributed by atoms with Crippen molar-refractivity contribution in [2.24, 2.45) is 0 Å². The fourth-order valence-electron chi connectivity index (χ4n) is 4.46. The van der Waals surface area contributed by atoms with E-state index in [1.807, 2.05) is 66.4 Å². The van der Waals surface area contributed by atoms with Crippen LogP contribution in [-0.2, 0) is 22.6 Å². The summed E-state index contributed by atoms with van der Waals surface area (Å²) in [6.07, 6.45) is -0.172. The zero-order valence-electron chi connectivity index (χ0n) is 21.9. The van der Waals surface area contributed by atoms with Crippen LogP contribution in [0.2, 0.25) is 5.02 Å². The van der Waals surface area contributed by atoms with E-state index in [4.69, 9.17) is 21.1 Å². The number of hydrogen-bond acceptors (Lipinski definition) is 5. The van der Waals surface area contributed by atoms with Gasteiger partial charge in [0.15, 0.2) is 0 Å². The summed E-state index contributed by atoms with van der Waals surface area (Å²) in [4.78, 5) is 28.6. The maximum atomic E-state index is 12.7. The van der Waals surface area contributed by atoms with Crippen LogP contribution in [0.3, 0.4) is 0 Å². The Hall–Kier alpha value is -3.39. The lowest BCUT2D eigenvalue weighted by Gasteiger charge is -2.36. The van der Waals surface area contributed by atoms with Gasteiger partial charge in [-0.2, -0.15) is 0 Å². The van der Waals surface area contributed by atoms with Crippen molar-refractivity contribution in [3.63, 3.8) is 0 Å². The van der Waals surface area contributed by atoms with E-state index in [0.717, 1.165) is 29.8 Å². The van der Waals surface area contributed by atoms with Crippen molar-refractivity contribution < 1.29 is 19.1 Å². The Labute approximate surface area is 229 Å². The molecule has 7 nitrogen and oxygen atoms in total. The van der Waals surface area contributed by atoms with Gasteiger partial charge in [0.2, 0.25) is 0 Å². The van der Waals surface area contributed by atoms with Gasteiger partial charge in [-0.25, -0.2) is 9.59 Å². The molecule has 1 N–H and O–H groups in total. The Morgan fingerprint density at radius 1 is 0.947 bits per heavy atom. The van der Waals surface area contributed by atoms with E-state index in [0.29, 0.717) is 43.4 Å². The number of carbonyl (C=O) groups is 2. The molecule has 1 aliphatic rings. The first-order chi connectivity index (χ1) is 18.4. The third-order valence-electron chi connectivity index (χ3n) is 6.68. The zero-order chi connectivity index (χ0) is 26.9. The number of esters is 1. The van der Waals surface area contributed by atoms with Crippen LogP contribution >= 0.6 is 11.6 Å². The molecule has 38 heavy (non-hydrogen) atoms. The zero-order valence-corrected chi connectivity index (χ0v) is 22.6. The van der Waals surface area contributed by atoms with Crippen LogP contribution in [0, 0.1) is 6.92 Å². The predicted molar refractivity (Wildman–Crippen MR) is 148 cm³/mol. The number of urea groups is 1. The minimum atomic E-state index is -0.362. The molecule has 8 heteroatoms. The molecule has 0 aliphatic carbocycles. The molecule has 1 saturated heterocycles. The van der Waals surface area contributed by atoms with Crippen LogP contribution in [0.25, 0.3) is 0 Å². The molecule has 0 radical (unpaired) electrons. The van der Waals surface area contributed by atoms with Gasteiger partial charge in [-0.15, -0.1) is 0 Å². The molecule has 0 aromatic heterocycles. The number of aryl methyl sites for hydroxylation is 1. The number of rotatable bonds is 9. The summed E-state index contributed by atoms with van der Waals surface area (Å²) in [5.74, 6) is -0.362. The normalized spacial score (nSPS) is 14.7. The van der Waals surface area contributed by atoms with Crippen LogP contribution in [0.15, 0.2) is 72.8 Å². The SMILES string of the molecule is COC(=O)c1ccc(COC(CN2CCN(C(=O)NCc3cccc(C)c3)CC2)c2ccc(Cl)cc2)cc1. The van der Waals surface area contributed by atoms with Gasteiger partial charge >= 0.3 is 12.0 Å². The lowest BCUT2D eigenvalue weighted by atomic mass is 10.1. The first-order valence-corrected chi connectivity index (χ1v) is 13.1. The van der Waals surface area contributed by atoms with Crippen molar-refractivity contribution in [3.8, 4) is 0 Å². The largest absolute Gasteiger partial charge is 0.465 e. The highest BCUT2D eigenvalue weighted by Gasteiger charge is 2.24. The van der Waals surface area contributed by atoms with Crippen molar-refractivity contribution in [2.75, 3.05) is 39.8 Å². The average molecular weight is 536 g/mol. The lowest BCUT2D eigenvalue weighted by molar-refractivity contribution is 0.00554. The Balaban J connectivity index is 1.31. The molecule has 1 aliphatic heterocycles. The summed E-state index contributed by atoms with van der Waals surface area (Å²) in [5.41, 5.74) is 4.79. The topological polar surface area (TPSA) is 71.1 Å². The Bertz CT molecular complexity index is 1210. The summed E-state index contributed by atoms with van der Waals surface area (Å²) in [5, 5.41) is 3.72. The van der Waals surface area contributed by atoms with Crippen LogP contribution in [0.4, 0.5) is 4.79 Å². The Kier molecular flexibility index (Phi) is 9.76. The summed E-state index contributed by atoms with van der Waals surface area (Å²) in [7, 11) is 1.37. The second-order valence-electron chi connectivity index (χ2n) is 9.48. The summed E-state index contributed by atoms with van der Waals surface area (Å²) in [6.45, 7) is 6.50. The summed E-state index contributed by atoms with van der Waals surface area (Å²) >= 11 is 6.12. The third kappa shape index (κ3) is 7.81. The molecule has 1 heterocycles. The molecule has 3 aromatic rings. The number of ether oxygens (including phenoxy) is 2. The highest BCUT2D eigenvalue weighted by Crippen LogP contribution is 2.23. The average Bonchev–Trinajstić information content (AvgIpc) is 2.94. The first kappa shape index (κ1) is 27.6. The number of benzene rings is 3. The lowest BCUT2D eigenvalue weighted by Crippen LogP contribution is -2.52. The molecule has 1 fully saturated rings. The van der Waals surface area contributed by atoms with Gasteiger partial charge < -0.3 is 19.7 Å². The highest BCUT2D eigenvalue weighted by atomic mass is 35.5. The molecule has 0 bridgehead atoms. The van der Waals surface area contributed by atoms with E-state index in [-0.39, 0.29) is 18.1 Å². The molecule has 200 valence electrons. The van der Waals surface area contributed by atoms with Crippen molar-refractivity contribution in [2.45, 2.75) is 26.2 Å². The molecule has 4 rings (SSSR count). The highest BCUT2D eigenvalue weighted by molar-refractivity contribution is 6.30. The van der Waals surface area contributed by atoms with Crippen LogP contribution in [0.5, 0.6) is 0 Å². The number of piperazine rings is 1. The fourth-order valence-corrected chi connectivity index (χ4v) is 4.59. The van der Waals surface area contributed by atoms with Crippen LogP contribution in [0.1, 0.15) is 38.7 Å². The number of carbonyl (C=O) groups excluding carboxylic acids is 2. The van der Waals surface area contributed by atoms with Crippen molar-refractivity contribution in [3.05, 3.63) is 106 Å². The molecular weight excluding hydrogens is 502 g/mol. The number of nitrogens with zero attached hydrogens (tertiary/aromatic N) is 2. The standard InChI is InChI=1S/C30H34ClN3O4/c1-22-4-3-5-24(18-22)19-32-30(36)34-16-14-33(15-17-34)20-28(25-10-12-27(31)13-11-25)38-21-23-6-8-26(9-7-23)29(35)37-2/h3-13,18,28H,14-17,19-21H2,1-2H3,(H,32,36). The smallest absolute Gasteiger partial charge is 0.337 e. The van der Waals surface area contributed by atoms with Crippen molar-refractivity contribution in [1.82, 2.24) is 15.1 Å². The number of amides is 2. The molecule has 0 spiro atoms. The summed E-state index contributed by atoms with van der Waals surface area (Å²) in [6, 6.07) is 23.1. The molecule has 2 amide bonds. The summed E-state index contributed by atoms with van der Waals surface area (Å²) < 4.78 is 11.1. The fraction of sp³-hybridized carbons (Fsp3) is 0.333. The second kappa shape index (κ2) is 13.4. The maximum absolute atomic E-state index is 12.7. The molecule has 1 unspecified atom stereocenters. The van der Waals surface area contributed by atoms with Gasteiger partial charge in [0.25, 0.3) is 0 Å². The number of hydrogen-bond donors (Lipinski definition) is 1. The number of halogens is 1. The monoisotopic (exact) mass is 535 g/mol. The predicted octanol–water partition coefficient (Wildman–Crippen LogP) is 5.22. The number of methoxy groups -OCH3 is 1. The Morgan fingerprint density at radius 2 is 1.66 bits per heavy atom. The molecule has 1 atom stereocenters. The van der Waals surface area contributed by atoms with Gasteiger partial charge in [-0.1, -0.05) is 65.7 Å². The van der Waals surface area contributed by atoms with E-state index in [1.54, 1.807) is 12.1 Å². The first-order valence-electron chi connectivity index (χ1n) is 12.8. The van der Waals surface area contributed by atoms with E-state index >= 15 is 0 Å². The van der Waals surface area contributed by atoms with Crippen LogP contribution < -0.4 is 5.32 Å². The minimum absolute atomic E-state index is 0.0351. The molecular formula is C30H34ClN3O4. The Morgan fingerprint density at radius 3 is 2.32 bits per heavy atom.